The maximum atomic E-state index is 11.4. The molecule has 3 N–H and O–H groups in total. The van der Waals surface area contributed by atoms with Gasteiger partial charge in [0.05, 0.1) is 12.2 Å². The Kier molecular flexibility index (Phi) is 5.60. The van der Waals surface area contributed by atoms with Crippen molar-refractivity contribution in [1.82, 2.24) is 19.7 Å². The Hall–Kier alpha value is -1.99. The Bertz CT molecular complexity index is 569. The summed E-state index contributed by atoms with van der Waals surface area (Å²) in [6.07, 6.45) is 3.24. The minimum atomic E-state index is -0.285. The number of carbonyl (C=O) groups is 1. The average molecular weight is 297 g/mol. The van der Waals surface area contributed by atoms with Crippen LogP contribution >= 0.6 is 12.4 Å². The summed E-state index contributed by atoms with van der Waals surface area (Å²) in [4.78, 5) is 19.7. The van der Waals surface area contributed by atoms with Crippen molar-refractivity contribution in [3.05, 3.63) is 30.2 Å². The Balaban J connectivity index is 0.00000200. The quantitative estimate of drug-likeness (QED) is 0.880. The van der Waals surface area contributed by atoms with E-state index in [1.165, 1.54) is 4.68 Å². The zero-order valence-corrected chi connectivity index (χ0v) is 12.1. The summed E-state index contributed by atoms with van der Waals surface area (Å²) in [5.41, 5.74) is 6.15. The lowest BCUT2D eigenvalue weighted by Gasteiger charge is -2.05. The number of nitrogens with two attached hydrogens (primary N) is 1. The SMILES string of the molecule is CC(C)c1cc(NC(=O)CN)n(-c2ncccn2)n1.Cl. The van der Waals surface area contributed by atoms with Gasteiger partial charge < -0.3 is 11.1 Å². The summed E-state index contributed by atoms with van der Waals surface area (Å²) in [5, 5.41) is 7.09. The fraction of sp³-hybridized carbons (Fsp3) is 0.333. The lowest BCUT2D eigenvalue weighted by molar-refractivity contribution is -0.114. The molecule has 0 aliphatic heterocycles. The van der Waals surface area contributed by atoms with Crippen LogP contribution in [-0.2, 0) is 4.79 Å². The van der Waals surface area contributed by atoms with E-state index >= 15 is 0 Å². The lowest BCUT2D eigenvalue weighted by atomic mass is 10.1. The van der Waals surface area contributed by atoms with Gasteiger partial charge in [-0.1, -0.05) is 13.8 Å². The van der Waals surface area contributed by atoms with E-state index in [1.54, 1.807) is 24.5 Å². The second kappa shape index (κ2) is 6.97. The van der Waals surface area contributed by atoms with Crippen LogP contribution in [-0.4, -0.2) is 32.2 Å². The maximum Gasteiger partial charge on any atom is 0.252 e. The third-order valence-electron chi connectivity index (χ3n) is 2.51. The van der Waals surface area contributed by atoms with Gasteiger partial charge >= 0.3 is 0 Å². The summed E-state index contributed by atoms with van der Waals surface area (Å²) < 4.78 is 1.50. The van der Waals surface area contributed by atoms with E-state index in [9.17, 15) is 4.79 Å². The summed E-state index contributed by atoms with van der Waals surface area (Å²) in [7, 11) is 0. The molecule has 0 saturated carbocycles. The molecule has 108 valence electrons. The predicted octanol–water partition coefficient (Wildman–Crippen LogP) is 1.10. The van der Waals surface area contributed by atoms with Gasteiger partial charge in [-0.05, 0) is 12.0 Å². The fourth-order valence-corrected chi connectivity index (χ4v) is 1.52. The second-order valence-corrected chi connectivity index (χ2v) is 4.32. The fourth-order valence-electron chi connectivity index (χ4n) is 1.52. The topological polar surface area (TPSA) is 98.7 Å². The van der Waals surface area contributed by atoms with Gasteiger partial charge in [-0.3, -0.25) is 4.79 Å². The molecule has 2 heterocycles. The molecule has 2 aromatic rings. The molecule has 1 amide bonds. The molecular weight excluding hydrogens is 280 g/mol. The molecule has 0 aromatic carbocycles. The Morgan fingerprint density at radius 2 is 2.05 bits per heavy atom. The first-order chi connectivity index (χ1) is 9.11. The van der Waals surface area contributed by atoms with Gasteiger partial charge in [0.1, 0.15) is 5.82 Å². The summed E-state index contributed by atoms with van der Waals surface area (Å²) in [6, 6.07) is 3.52. The van der Waals surface area contributed by atoms with E-state index in [2.05, 4.69) is 20.4 Å². The van der Waals surface area contributed by atoms with Crippen LogP contribution in [0.15, 0.2) is 24.5 Å². The van der Waals surface area contributed by atoms with Gasteiger partial charge in [-0.15, -0.1) is 12.4 Å². The Morgan fingerprint density at radius 1 is 1.40 bits per heavy atom. The Labute approximate surface area is 123 Å². The molecule has 0 atom stereocenters. The predicted molar refractivity (Wildman–Crippen MR) is 78.2 cm³/mol. The number of nitrogens with one attached hydrogen (secondary N) is 1. The van der Waals surface area contributed by atoms with Gasteiger partial charge in [0.25, 0.3) is 5.95 Å². The van der Waals surface area contributed by atoms with Crippen LogP contribution in [0.4, 0.5) is 5.82 Å². The highest BCUT2D eigenvalue weighted by Crippen LogP contribution is 2.20. The van der Waals surface area contributed by atoms with E-state index in [4.69, 9.17) is 5.73 Å². The maximum absolute atomic E-state index is 11.4. The first-order valence-electron chi connectivity index (χ1n) is 5.99. The van der Waals surface area contributed by atoms with Crippen LogP contribution in [0.1, 0.15) is 25.5 Å². The molecule has 0 radical (unpaired) electrons. The molecule has 2 aromatic heterocycles. The molecule has 0 fully saturated rings. The Morgan fingerprint density at radius 3 is 2.60 bits per heavy atom. The van der Waals surface area contributed by atoms with Gasteiger partial charge in [-0.2, -0.15) is 9.78 Å². The van der Waals surface area contributed by atoms with Crippen LogP contribution in [0, 0.1) is 0 Å². The zero-order chi connectivity index (χ0) is 13.8. The normalized spacial score (nSPS) is 10.2. The van der Waals surface area contributed by atoms with Crippen molar-refractivity contribution in [2.75, 3.05) is 11.9 Å². The monoisotopic (exact) mass is 296 g/mol. The van der Waals surface area contributed by atoms with Crippen LogP contribution in [0.25, 0.3) is 5.95 Å². The van der Waals surface area contributed by atoms with Crippen molar-refractivity contribution >= 4 is 24.1 Å². The minimum Gasteiger partial charge on any atom is -0.322 e. The summed E-state index contributed by atoms with van der Waals surface area (Å²) in [5.74, 6) is 0.873. The van der Waals surface area contributed by atoms with Crippen molar-refractivity contribution in [1.29, 1.82) is 0 Å². The third kappa shape index (κ3) is 3.52. The minimum absolute atomic E-state index is 0. The highest BCUT2D eigenvalue weighted by atomic mass is 35.5. The molecule has 8 heteroatoms. The van der Waals surface area contributed by atoms with Gasteiger partial charge in [0, 0.05) is 18.5 Å². The van der Waals surface area contributed by atoms with Crippen LogP contribution < -0.4 is 11.1 Å². The van der Waals surface area contributed by atoms with Crippen molar-refractivity contribution < 1.29 is 4.79 Å². The van der Waals surface area contributed by atoms with Gasteiger partial charge in [0.2, 0.25) is 5.91 Å². The molecule has 20 heavy (non-hydrogen) atoms. The number of amides is 1. The smallest absolute Gasteiger partial charge is 0.252 e. The molecule has 0 saturated heterocycles. The third-order valence-corrected chi connectivity index (χ3v) is 2.51. The molecule has 7 nitrogen and oxygen atoms in total. The van der Waals surface area contributed by atoms with E-state index in [1.807, 2.05) is 13.8 Å². The molecule has 0 aliphatic carbocycles. The van der Waals surface area contributed by atoms with E-state index < -0.39 is 0 Å². The van der Waals surface area contributed by atoms with E-state index in [0.29, 0.717) is 11.8 Å². The molecule has 0 unspecified atom stereocenters. The first-order valence-corrected chi connectivity index (χ1v) is 5.99. The number of hydrogen-bond donors (Lipinski definition) is 2. The van der Waals surface area contributed by atoms with Gasteiger partial charge in [0.15, 0.2) is 0 Å². The second-order valence-electron chi connectivity index (χ2n) is 4.32. The zero-order valence-electron chi connectivity index (χ0n) is 11.3. The molecular formula is C12H17ClN6O. The van der Waals surface area contributed by atoms with Crippen molar-refractivity contribution in [3.8, 4) is 5.95 Å². The van der Waals surface area contributed by atoms with Crippen molar-refractivity contribution in [2.45, 2.75) is 19.8 Å². The van der Waals surface area contributed by atoms with Crippen molar-refractivity contribution in [3.63, 3.8) is 0 Å². The average Bonchev–Trinajstić information content (AvgIpc) is 2.83. The number of aromatic nitrogens is 4. The summed E-state index contributed by atoms with van der Waals surface area (Å²) >= 11 is 0. The lowest BCUT2D eigenvalue weighted by Crippen LogP contribution is -2.23. The number of nitrogens with zero attached hydrogens (tertiary/aromatic N) is 4. The number of carbonyl (C=O) groups excluding carboxylic acids is 1. The number of halogens is 1. The largest absolute Gasteiger partial charge is 0.322 e. The molecule has 0 bridgehead atoms. The highest BCUT2D eigenvalue weighted by Gasteiger charge is 2.15. The van der Waals surface area contributed by atoms with E-state index in [0.717, 1.165) is 5.69 Å². The number of rotatable bonds is 4. The van der Waals surface area contributed by atoms with E-state index in [-0.39, 0.29) is 30.8 Å². The van der Waals surface area contributed by atoms with Crippen LogP contribution in [0.3, 0.4) is 0 Å². The van der Waals surface area contributed by atoms with Gasteiger partial charge in [-0.25, -0.2) is 9.97 Å². The molecule has 2 rings (SSSR count). The van der Waals surface area contributed by atoms with Crippen LogP contribution in [0.2, 0.25) is 0 Å². The number of anilines is 1. The van der Waals surface area contributed by atoms with Crippen molar-refractivity contribution in [2.24, 2.45) is 5.73 Å². The standard InChI is InChI=1S/C12H16N6O.ClH/c1-8(2)9-6-10(16-11(19)7-13)18(17-9)12-14-4-3-5-15-12;/h3-6,8H,7,13H2,1-2H3,(H,16,19);1H. The van der Waals surface area contributed by atoms with Crippen LogP contribution in [0.5, 0.6) is 0 Å². The number of hydrogen-bond acceptors (Lipinski definition) is 5. The summed E-state index contributed by atoms with van der Waals surface area (Å²) in [6.45, 7) is 3.96. The highest BCUT2D eigenvalue weighted by molar-refractivity contribution is 5.91. The molecule has 0 spiro atoms. The molecule has 0 aliphatic rings. The first kappa shape index (κ1) is 16.1.